The molecule has 0 saturated heterocycles. The van der Waals surface area contributed by atoms with Gasteiger partial charge in [0.15, 0.2) is 0 Å². The number of carboxylic acid groups (broad SMARTS) is 1. The van der Waals surface area contributed by atoms with Crippen LogP contribution in [0, 0.1) is 0 Å². The first kappa shape index (κ1) is 14.3. The van der Waals surface area contributed by atoms with E-state index >= 15 is 0 Å². The number of aromatic carboxylic acids is 1. The summed E-state index contributed by atoms with van der Waals surface area (Å²) in [7, 11) is 0. The van der Waals surface area contributed by atoms with Gasteiger partial charge < -0.3 is 10.4 Å². The molecular formula is C10H7ClF3NO3. The SMILES string of the molecule is O=C(CC(F)(F)F)Nc1ccc(Cl)cc1C(=O)O. The van der Waals surface area contributed by atoms with Crippen LogP contribution in [0.3, 0.4) is 0 Å². The third kappa shape index (κ3) is 4.25. The van der Waals surface area contributed by atoms with Gasteiger partial charge in [0.2, 0.25) is 5.91 Å². The van der Waals surface area contributed by atoms with Crippen LogP contribution in [0.4, 0.5) is 18.9 Å². The lowest BCUT2D eigenvalue weighted by atomic mass is 10.1. The van der Waals surface area contributed by atoms with E-state index in [4.69, 9.17) is 16.7 Å². The van der Waals surface area contributed by atoms with Gasteiger partial charge in [0.25, 0.3) is 0 Å². The minimum atomic E-state index is -4.65. The van der Waals surface area contributed by atoms with Crippen LogP contribution in [0.2, 0.25) is 5.02 Å². The maximum atomic E-state index is 11.9. The highest BCUT2D eigenvalue weighted by Crippen LogP contribution is 2.23. The molecule has 1 rings (SSSR count). The summed E-state index contributed by atoms with van der Waals surface area (Å²) in [6.45, 7) is 0. The molecule has 0 heterocycles. The fourth-order valence-electron chi connectivity index (χ4n) is 1.18. The summed E-state index contributed by atoms with van der Waals surface area (Å²) < 4.78 is 35.8. The molecule has 18 heavy (non-hydrogen) atoms. The van der Waals surface area contributed by atoms with Crippen molar-refractivity contribution in [2.45, 2.75) is 12.6 Å². The summed E-state index contributed by atoms with van der Waals surface area (Å²) in [6.07, 6.45) is -6.34. The molecule has 0 aliphatic heterocycles. The van der Waals surface area contributed by atoms with E-state index in [0.29, 0.717) is 0 Å². The third-order valence-electron chi connectivity index (χ3n) is 1.85. The zero-order valence-corrected chi connectivity index (χ0v) is 9.47. The van der Waals surface area contributed by atoms with Crippen LogP contribution in [0.5, 0.6) is 0 Å². The molecule has 4 nitrogen and oxygen atoms in total. The normalized spacial score (nSPS) is 11.1. The zero-order valence-electron chi connectivity index (χ0n) is 8.71. The van der Waals surface area contributed by atoms with E-state index in [-0.39, 0.29) is 16.3 Å². The van der Waals surface area contributed by atoms with Gasteiger partial charge in [-0.3, -0.25) is 4.79 Å². The molecule has 0 spiro atoms. The van der Waals surface area contributed by atoms with Crippen molar-refractivity contribution in [3.8, 4) is 0 Å². The summed E-state index contributed by atoms with van der Waals surface area (Å²) in [4.78, 5) is 21.8. The highest BCUT2D eigenvalue weighted by molar-refractivity contribution is 6.31. The molecule has 98 valence electrons. The van der Waals surface area contributed by atoms with Crippen LogP contribution in [-0.2, 0) is 4.79 Å². The van der Waals surface area contributed by atoms with Crippen molar-refractivity contribution in [2.24, 2.45) is 0 Å². The second-order valence-corrected chi connectivity index (χ2v) is 3.77. The first-order valence-corrected chi connectivity index (χ1v) is 4.96. The number of alkyl halides is 3. The standard InChI is InChI=1S/C10H7ClF3NO3/c11-5-1-2-7(6(3-5)9(17)18)15-8(16)4-10(12,13)14/h1-3H,4H2,(H,15,16)(H,17,18). The molecule has 1 aromatic carbocycles. The number of amides is 1. The largest absolute Gasteiger partial charge is 0.478 e. The zero-order chi connectivity index (χ0) is 13.9. The number of rotatable bonds is 3. The Balaban J connectivity index is 2.91. The summed E-state index contributed by atoms with van der Waals surface area (Å²) in [5, 5.41) is 10.8. The average molecular weight is 282 g/mol. The fourth-order valence-corrected chi connectivity index (χ4v) is 1.35. The number of nitrogens with one attached hydrogen (secondary N) is 1. The highest BCUT2D eigenvalue weighted by atomic mass is 35.5. The van der Waals surface area contributed by atoms with E-state index < -0.39 is 24.5 Å². The molecule has 2 N–H and O–H groups in total. The summed E-state index contributed by atoms with van der Waals surface area (Å²) in [6, 6.07) is 3.42. The van der Waals surface area contributed by atoms with Gasteiger partial charge in [-0.2, -0.15) is 13.2 Å². The van der Waals surface area contributed by atoms with Crippen LogP contribution >= 0.6 is 11.6 Å². The van der Waals surface area contributed by atoms with Crippen LogP contribution in [0.15, 0.2) is 18.2 Å². The van der Waals surface area contributed by atoms with Crippen molar-refractivity contribution >= 4 is 29.2 Å². The van der Waals surface area contributed by atoms with Crippen molar-refractivity contribution in [3.63, 3.8) is 0 Å². The number of hydrogen-bond donors (Lipinski definition) is 2. The van der Waals surface area contributed by atoms with Gasteiger partial charge in [-0.1, -0.05) is 11.6 Å². The van der Waals surface area contributed by atoms with Crippen LogP contribution < -0.4 is 5.32 Å². The molecule has 0 aliphatic rings. The maximum absolute atomic E-state index is 11.9. The Hall–Kier alpha value is -1.76. The molecule has 0 bridgehead atoms. The number of halogens is 4. The molecule has 0 aliphatic carbocycles. The summed E-state index contributed by atoms with van der Waals surface area (Å²) >= 11 is 5.55. The van der Waals surface area contributed by atoms with E-state index in [0.717, 1.165) is 12.1 Å². The Morgan fingerprint density at radius 2 is 1.94 bits per heavy atom. The molecule has 0 aromatic heterocycles. The quantitative estimate of drug-likeness (QED) is 0.895. The van der Waals surface area contributed by atoms with E-state index in [2.05, 4.69) is 0 Å². The number of carbonyl (C=O) groups excluding carboxylic acids is 1. The van der Waals surface area contributed by atoms with Crippen LogP contribution in [-0.4, -0.2) is 23.2 Å². The molecule has 0 unspecified atom stereocenters. The van der Waals surface area contributed by atoms with Crippen LogP contribution in [0.1, 0.15) is 16.8 Å². The van der Waals surface area contributed by atoms with Gasteiger partial charge in [-0.05, 0) is 18.2 Å². The van der Waals surface area contributed by atoms with Crippen molar-refractivity contribution in [2.75, 3.05) is 5.32 Å². The topological polar surface area (TPSA) is 66.4 Å². The lowest BCUT2D eigenvalue weighted by molar-refractivity contribution is -0.150. The molecule has 0 radical (unpaired) electrons. The average Bonchev–Trinajstić information content (AvgIpc) is 2.17. The van der Waals surface area contributed by atoms with E-state index in [1.807, 2.05) is 5.32 Å². The lowest BCUT2D eigenvalue weighted by Gasteiger charge is -2.10. The van der Waals surface area contributed by atoms with Crippen molar-refractivity contribution in [3.05, 3.63) is 28.8 Å². The number of benzene rings is 1. The van der Waals surface area contributed by atoms with Gasteiger partial charge in [0, 0.05) is 5.02 Å². The molecular weight excluding hydrogens is 275 g/mol. The summed E-state index contributed by atoms with van der Waals surface area (Å²) in [5.41, 5.74) is -0.612. The van der Waals surface area contributed by atoms with E-state index in [1.54, 1.807) is 0 Å². The van der Waals surface area contributed by atoms with Crippen molar-refractivity contribution in [1.29, 1.82) is 0 Å². The smallest absolute Gasteiger partial charge is 0.397 e. The van der Waals surface area contributed by atoms with Gasteiger partial charge in [-0.25, -0.2) is 4.79 Å². The Morgan fingerprint density at radius 1 is 1.33 bits per heavy atom. The minimum Gasteiger partial charge on any atom is -0.478 e. The second kappa shape index (κ2) is 5.26. The van der Waals surface area contributed by atoms with Gasteiger partial charge in [0.05, 0.1) is 11.3 Å². The number of anilines is 1. The first-order chi connectivity index (χ1) is 8.19. The van der Waals surface area contributed by atoms with Gasteiger partial charge >= 0.3 is 12.1 Å². The number of hydrogen-bond acceptors (Lipinski definition) is 2. The molecule has 8 heteroatoms. The first-order valence-electron chi connectivity index (χ1n) is 4.58. The van der Waals surface area contributed by atoms with Crippen molar-refractivity contribution in [1.82, 2.24) is 0 Å². The Labute approximate surface area is 104 Å². The van der Waals surface area contributed by atoms with Crippen LogP contribution in [0.25, 0.3) is 0 Å². The second-order valence-electron chi connectivity index (χ2n) is 3.34. The fraction of sp³-hybridized carbons (Fsp3) is 0.200. The van der Waals surface area contributed by atoms with Gasteiger partial charge in [-0.15, -0.1) is 0 Å². The predicted molar refractivity (Wildman–Crippen MR) is 57.7 cm³/mol. The summed E-state index contributed by atoms with van der Waals surface area (Å²) in [5.74, 6) is -2.74. The van der Waals surface area contributed by atoms with E-state index in [9.17, 15) is 22.8 Å². The Morgan fingerprint density at radius 3 is 2.44 bits per heavy atom. The highest BCUT2D eigenvalue weighted by Gasteiger charge is 2.31. The Kier molecular flexibility index (Phi) is 4.18. The molecule has 0 saturated carbocycles. The number of carboxylic acids is 1. The van der Waals surface area contributed by atoms with Gasteiger partial charge in [0.1, 0.15) is 6.42 Å². The maximum Gasteiger partial charge on any atom is 0.397 e. The molecule has 1 amide bonds. The van der Waals surface area contributed by atoms with E-state index in [1.165, 1.54) is 6.07 Å². The predicted octanol–water partition coefficient (Wildman–Crippen LogP) is 2.93. The minimum absolute atomic E-state index is 0.0984. The van der Waals surface area contributed by atoms with Crippen molar-refractivity contribution < 1.29 is 27.9 Å². The number of carbonyl (C=O) groups is 2. The molecule has 0 fully saturated rings. The molecule has 0 atom stereocenters. The molecule has 1 aromatic rings. The Bertz CT molecular complexity index is 488. The third-order valence-corrected chi connectivity index (χ3v) is 2.08. The lowest BCUT2D eigenvalue weighted by Crippen LogP contribution is -2.22. The monoisotopic (exact) mass is 281 g/mol.